The predicted molar refractivity (Wildman–Crippen MR) is 182 cm³/mol. The number of nitrogens with one attached hydrogen (secondary N) is 1. The van der Waals surface area contributed by atoms with Gasteiger partial charge in [-0.1, -0.05) is 29.8 Å². The Bertz CT molecular complexity index is 2220. The number of ether oxygens (including phenoxy) is 3. The number of hydrogen-bond donors (Lipinski definition) is 1. The van der Waals surface area contributed by atoms with E-state index in [4.69, 9.17) is 35.2 Å². The molecule has 1 N–H and O–H groups in total. The molecule has 6 rings (SSSR count). The van der Waals surface area contributed by atoms with Gasteiger partial charge in [0, 0.05) is 15.7 Å². The second-order valence-electron chi connectivity index (χ2n) is 9.99. The van der Waals surface area contributed by atoms with Crippen LogP contribution in [0.15, 0.2) is 97.6 Å². The van der Waals surface area contributed by atoms with Gasteiger partial charge in [0.05, 0.1) is 36.2 Å². The predicted octanol–water partition coefficient (Wildman–Crippen LogP) is 7.67. The second-order valence-corrected chi connectivity index (χ2v) is 11.2. The van der Waals surface area contributed by atoms with E-state index in [0.717, 1.165) is 4.68 Å². The molecule has 0 spiro atoms. The van der Waals surface area contributed by atoms with Gasteiger partial charge in [0.1, 0.15) is 22.2 Å². The number of amides is 1. The van der Waals surface area contributed by atoms with Gasteiger partial charge in [0.2, 0.25) is 5.82 Å². The van der Waals surface area contributed by atoms with E-state index < -0.39 is 23.9 Å². The Morgan fingerprint density at radius 2 is 1.85 bits per heavy atom. The van der Waals surface area contributed by atoms with Crippen molar-refractivity contribution in [3.05, 3.63) is 110 Å². The molecule has 0 bridgehead atoms. The summed E-state index contributed by atoms with van der Waals surface area (Å²) in [7, 11) is 1.56. The van der Waals surface area contributed by atoms with Gasteiger partial charge in [-0.15, -0.1) is 0 Å². The lowest BCUT2D eigenvalue weighted by atomic mass is 10.2. The zero-order valence-corrected chi connectivity index (χ0v) is 27.3. The van der Waals surface area contributed by atoms with Gasteiger partial charge in [-0.2, -0.15) is 9.78 Å². The van der Waals surface area contributed by atoms with E-state index in [2.05, 4.69) is 26.3 Å². The largest absolute Gasteiger partial charge is 0.496 e. The van der Waals surface area contributed by atoms with Gasteiger partial charge in [-0.3, -0.25) is 9.59 Å². The molecule has 0 aliphatic carbocycles. The van der Waals surface area contributed by atoms with Crippen molar-refractivity contribution in [2.24, 2.45) is 5.10 Å². The monoisotopic (exact) mass is 718 g/mol. The Morgan fingerprint density at radius 1 is 1.06 bits per heavy atom. The molecule has 47 heavy (non-hydrogen) atoms. The van der Waals surface area contributed by atoms with Crippen molar-refractivity contribution in [2.45, 2.75) is 6.92 Å². The lowest BCUT2D eigenvalue weighted by molar-refractivity contribution is -0.118. The molecular weight excluding hydrogens is 695 g/mol. The van der Waals surface area contributed by atoms with Crippen LogP contribution in [0.1, 0.15) is 12.5 Å². The SMILES string of the molecule is CCOc1cc(C=Nn2c(-c3cc4c(OC)cccc4o3)nc3ccccc3c2=O)c(Br)c(Cl)c1OCC(=O)Nc1ccc(F)cc1. The molecule has 0 aliphatic heterocycles. The molecule has 6 aromatic rings. The summed E-state index contributed by atoms with van der Waals surface area (Å²) in [6.45, 7) is 1.64. The fourth-order valence-corrected chi connectivity index (χ4v) is 5.45. The van der Waals surface area contributed by atoms with Crippen LogP contribution in [-0.4, -0.2) is 42.1 Å². The van der Waals surface area contributed by atoms with Crippen molar-refractivity contribution in [3.63, 3.8) is 0 Å². The summed E-state index contributed by atoms with van der Waals surface area (Å²) in [4.78, 5) is 31.0. The summed E-state index contributed by atoms with van der Waals surface area (Å²) in [5.41, 5.74) is 1.45. The van der Waals surface area contributed by atoms with E-state index in [0.29, 0.717) is 49.1 Å². The number of benzene rings is 4. The number of hydrogen-bond acceptors (Lipinski definition) is 8. The Kier molecular flexibility index (Phi) is 9.23. The normalized spacial score (nSPS) is 11.3. The highest BCUT2D eigenvalue weighted by atomic mass is 79.9. The third kappa shape index (κ3) is 6.56. The minimum absolute atomic E-state index is 0.112. The number of rotatable bonds is 10. The highest BCUT2D eigenvalue weighted by molar-refractivity contribution is 9.10. The van der Waals surface area contributed by atoms with E-state index in [9.17, 15) is 14.0 Å². The maximum Gasteiger partial charge on any atom is 0.282 e. The molecule has 2 aromatic heterocycles. The van der Waals surface area contributed by atoms with E-state index in [1.807, 2.05) is 6.07 Å². The maximum absolute atomic E-state index is 13.8. The first-order chi connectivity index (χ1) is 22.8. The lowest BCUT2D eigenvalue weighted by Gasteiger charge is -2.16. The topological polar surface area (TPSA) is 117 Å². The number of carbonyl (C=O) groups is 1. The fourth-order valence-electron chi connectivity index (χ4n) is 4.80. The smallest absolute Gasteiger partial charge is 0.282 e. The number of furan rings is 1. The number of para-hydroxylation sites is 1. The Labute approximate surface area is 280 Å². The van der Waals surface area contributed by atoms with Crippen LogP contribution in [0.5, 0.6) is 17.2 Å². The van der Waals surface area contributed by atoms with Crippen LogP contribution in [-0.2, 0) is 4.79 Å². The van der Waals surface area contributed by atoms with Gasteiger partial charge in [-0.25, -0.2) is 9.37 Å². The number of carbonyl (C=O) groups excluding carboxylic acids is 1. The van der Waals surface area contributed by atoms with Gasteiger partial charge in [0.25, 0.3) is 11.5 Å². The van der Waals surface area contributed by atoms with Crippen molar-refractivity contribution in [1.29, 1.82) is 0 Å². The van der Waals surface area contributed by atoms with Crippen molar-refractivity contribution in [1.82, 2.24) is 9.66 Å². The molecule has 1 amide bonds. The van der Waals surface area contributed by atoms with Crippen LogP contribution in [0.4, 0.5) is 10.1 Å². The molecule has 13 heteroatoms. The number of aromatic nitrogens is 2. The van der Waals surface area contributed by atoms with Crippen molar-refractivity contribution in [3.8, 4) is 28.8 Å². The molecule has 0 radical (unpaired) electrons. The standard InChI is InChI=1S/C34H25BrClFN4O6/c1-3-45-27-15-19(30(35)31(36)32(27)46-18-29(42)39-21-13-11-20(37)12-14-21)17-38-41-33(40-24-8-5-4-7-22(24)34(41)43)28-16-23-25(44-2)9-6-10-26(23)47-28/h4-17H,3,18H2,1-2H3,(H,39,42). The molecule has 0 saturated carbocycles. The van der Waals surface area contributed by atoms with Crippen molar-refractivity contribution in [2.75, 3.05) is 25.6 Å². The summed E-state index contributed by atoms with van der Waals surface area (Å²) in [5.74, 6) is 0.526. The quantitative estimate of drug-likeness (QED) is 0.145. The molecule has 2 heterocycles. The summed E-state index contributed by atoms with van der Waals surface area (Å²) >= 11 is 10.2. The van der Waals surface area contributed by atoms with Gasteiger partial charge >= 0.3 is 0 Å². The summed E-state index contributed by atoms with van der Waals surface area (Å²) in [6, 6.07) is 21.0. The van der Waals surface area contributed by atoms with Crippen LogP contribution in [0.2, 0.25) is 5.02 Å². The zero-order chi connectivity index (χ0) is 33.1. The number of halogens is 3. The summed E-state index contributed by atoms with van der Waals surface area (Å²) in [6.07, 6.45) is 1.42. The Hall–Kier alpha value is -5.20. The average Bonchev–Trinajstić information content (AvgIpc) is 3.52. The highest BCUT2D eigenvalue weighted by Gasteiger charge is 2.21. The van der Waals surface area contributed by atoms with Crippen LogP contribution in [0, 0.1) is 5.82 Å². The van der Waals surface area contributed by atoms with E-state index in [1.165, 1.54) is 30.5 Å². The summed E-state index contributed by atoms with van der Waals surface area (Å²) in [5, 5.41) is 8.33. The number of nitrogens with zero attached hydrogens (tertiary/aromatic N) is 3. The minimum Gasteiger partial charge on any atom is -0.496 e. The molecule has 0 unspecified atom stereocenters. The molecular formula is C34H25BrClFN4O6. The van der Waals surface area contributed by atoms with E-state index >= 15 is 0 Å². The van der Waals surface area contributed by atoms with Crippen molar-refractivity contribution >= 4 is 67.2 Å². The molecule has 4 aromatic carbocycles. The van der Waals surface area contributed by atoms with Gasteiger partial charge in [0.15, 0.2) is 23.9 Å². The molecule has 0 aliphatic rings. The van der Waals surface area contributed by atoms with E-state index in [1.54, 1.807) is 62.6 Å². The first-order valence-corrected chi connectivity index (χ1v) is 15.4. The zero-order valence-electron chi connectivity index (χ0n) is 24.9. The first kappa shape index (κ1) is 31.8. The van der Waals surface area contributed by atoms with Crippen LogP contribution < -0.4 is 25.1 Å². The molecule has 10 nitrogen and oxygen atoms in total. The highest BCUT2D eigenvalue weighted by Crippen LogP contribution is 2.42. The first-order valence-electron chi connectivity index (χ1n) is 14.2. The Morgan fingerprint density at radius 3 is 2.62 bits per heavy atom. The average molecular weight is 720 g/mol. The third-order valence-corrected chi connectivity index (χ3v) is 8.40. The lowest BCUT2D eigenvalue weighted by Crippen LogP contribution is -2.21. The number of fused-ring (bicyclic) bond motifs is 2. The molecule has 238 valence electrons. The van der Waals surface area contributed by atoms with Crippen molar-refractivity contribution < 1.29 is 27.8 Å². The number of methoxy groups -OCH3 is 1. The van der Waals surface area contributed by atoms with Gasteiger partial charge in [-0.05, 0) is 83.5 Å². The third-order valence-electron chi connectivity index (χ3n) is 6.96. The van der Waals surface area contributed by atoms with Crippen LogP contribution in [0.25, 0.3) is 33.5 Å². The molecule has 0 saturated heterocycles. The van der Waals surface area contributed by atoms with Crippen LogP contribution >= 0.6 is 27.5 Å². The Balaban J connectivity index is 1.37. The second kappa shape index (κ2) is 13.7. The fraction of sp³-hybridized carbons (Fsp3) is 0.118. The minimum atomic E-state index is -0.490. The maximum atomic E-state index is 13.8. The molecule has 0 fully saturated rings. The number of anilines is 1. The van der Waals surface area contributed by atoms with Gasteiger partial charge < -0.3 is 23.9 Å². The van der Waals surface area contributed by atoms with E-state index in [-0.39, 0.29) is 29.0 Å². The van der Waals surface area contributed by atoms with Crippen LogP contribution in [0.3, 0.4) is 0 Å². The molecule has 0 atom stereocenters. The summed E-state index contributed by atoms with van der Waals surface area (Å²) < 4.78 is 37.9.